The number of carbonyl (C=O) groups excluding carboxylic acids is 1. The van der Waals surface area contributed by atoms with Gasteiger partial charge in [-0.3, -0.25) is 9.79 Å². The van der Waals surface area contributed by atoms with Crippen molar-refractivity contribution in [1.82, 2.24) is 0 Å². The highest BCUT2D eigenvalue weighted by atomic mass is 16.5. The molecule has 2 aliphatic heterocycles. The van der Waals surface area contributed by atoms with Gasteiger partial charge < -0.3 is 19.1 Å². The molecule has 2 aliphatic rings. The number of hydrogen-bond donors (Lipinski definition) is 0. The number of rotatable bonds is 5. The standard InChI is InChI=1S/C32H30N2O4/c1-21-18-29-30(26-19-24(37-22(2)35)14-15-25(21)26)33-20-32(38-29)31(3,4)27-12-8-9-13-28(27)34(32)16-17-36-23-10-6-5-7-11-23/h5-15,18-20H,16-17H2,1-4H3. The summed E-state index contributed by atoms with van der Waals surface area (Å²) in [4.78, 5) is 18.9. The van der Waals surface area contributed by atoms with Gasteiger partial charge >= 0.3 is 5.97 Å². The number of aryl methyl sites for hydroxylation is 1. The van der Waals surface area contributed by atoms with Crippen LogP contribution in [0.5, 0.6) is 17.2 Å². The summed E-state index contributed by atoms with van der Waals surface area (Å²) in [6.07, 6.45) is 1.94. The third-order valence-electron chi connectivity index (χ3n) is 7.64. The maximum absolute atomic E-state index is 11.6. The zero-order valence-corrected chi connectivity index (χ0v) is 22.0. The van der Waals surface area contributed by atoms with Crippen molar-refractivity contribution in [3.63, 3.8) is 0 Å². The summed E-state index contributed by atoms with van der Waals surface area (Å²) in [5.41, 5.74) is 2.85. The summed E-state index contributed by atoms with van der Waals surface area (Å²) in [6.45, 7) is 8.96. The van der Waals surface area contributed by atoms with E-state index in [2.05, 4.69) is 56.0 Å². The smallest absolute Gasteiger partial charge is 0.308 e. The van der Waals surface area contributed by atoms with Gasteiger partial charge in [-0.15, -0.1) is 0 Å². The molecule has 4 aromatic carbocycles. The van der Waals surface area contributed by atoms with Crippen molar-refractivity contribution < 1.29 is 19.0 Å². The normalized spacial score (nSPS) is 18.7. The fourth-order valence-electron chi connectivity index (χ4n) is 5.74. The van der Waals surface area contributed by atoms with Crippen molar-refractivity contribution in [2.75, 3.05) is 18.1 Å². The fraction of sp³-hybridized carbons (Fsp3) is 0.250. The largest absolute Gasteiger partial charge is 0.492 e. The highest BCUT2D eigenvalue weighted by Gasteiger charge is 2.59. The maximum atomic E-state index is 11.6. The Morgan fingerprint density at radius 3 is 2.50 bits per heavy atom. The van der Waals surface area contributed by atoms with E-state index < -0.39 is 11.1 Å². The zero-order chi connectivity index (χ0) is 26.5. The summed E-state index contributed by atoms with van der Waals surface area (Å²) in [5, 5.41) is 1.93. The van der Waals surface area contributed by atoms with Gasteiger partial charge in [-0.25, -0.2) is 0 Å². The van der Waals surface area contributed by atoms with Gasteiger partial charge in [-0.05, 0) is 73.7 Å². The SMILES string of the molecule is CC(=O)Oc1ccc2c(C)cc3c(c2c1)N=CC1(O3)N(CCOc2ccccc2)c2ccccc2C1(C)C. The zero-order valence-electron chi connectivity index (χ0n) is 22.0. The third kappa shape index (κ3) is 3.71. The van der Waals surface area contributed by atoms with E-state index in [1.807, 2.05) is 54.7 Å². The Kier molecular flexibility index (Phi) is 5.64. The molecule has 6 heteroatoms. The minimum atomic E-state index is -0.850. The molecule has 6 nitrogen and oxygen atoms in total. The van der Waals surface area contributed by atoms with Crippen molar-refractivity contribution in [2.45, 2.75) is 38.8 Å². The number of benzene rings is 4. The molecule has 0 N–H and O–H groups in total. The first-order valence-electron chi connectivity index (χ1n) is 12.9. The van der Waals surface area contributed by atoms with Crippen LogP contribution in [0.25, 0.3) is 10.8 Å². The molecule has 0 radical (unpaired) electrons. The van der Waals surface area contributed by atoms with Crippen molar-refractivity contribution in [3.8, 4) is 17.2 Å². The number of hydrogen-bond acceptors (Lipinski definition) is 6. The lowest BCUT2D eigenvalue weighted by Crippen LogP contribution is -2.62. The summed E-state index contributed by atoms with van der Waals surface area (Å²) in [5.74, 6) is 1.67. The predicted octanol–water partition coefficient (Wildman–Crippen LogP) is 6.74. The molecule has 1 spiro atoms. The number of aliphatic imine (C=N–C) groups is 1. The molecule has 0 amide bonds. The van der Waals surface area contributed by atoms with Gasteiger partial charge in [0.05, 0.1) is 18.2 Å². The van der Waals surface area contributed by atoms with E-state index >= 15 is 0 Å². The first-order valence-corrected chi connectivity index (χ1v) is 12.9. The molecule has 38 heavy (non-hydrogen) atoms. The average Bonchev–Trinajstić information content (AvgIpc) is 3.07. The number of ether oxygens (including phenoxy) is 3. The van der Waals surface area contributed by atoms with E-state index in [0.717, 1.165) is 33.5 Å². The Bertz CT molecular complexity index is 1580. The number of esters is 1. The lowest BCUT2D eigenvalue weighted by atomic mass is 9.77. The molecule has 0 fully saturated rings. The van der Waals surface area contributed by atoms with Crippen LogP contribution in [0, 0.1) is 6.92 Å². The molecule has 2 heterocycles. The summed E-state index contributed by atoms with van der Waals surface area (Å²) < 4.78 is 18.5. The number of para-hydroxylation sites is 2. The van der Waals surface area contributed by atoms with Crippen LogP contribution in [0.15, 0.2) is 83.9 Å². The summed E-state index contributed by atoms with van der Waals surface area (Å²) >= 11 is 0. The van der Waals surface area contributed by atoms with Crippen molar-refractivity contribution in [3.05, 3.63) is 90.0 Å². The van der Waals surface area contributed by atoms with Gasteiger partial charge in [0.15, 0.2) is 0 Å². The molecule has 192 valence electrons. The second-order valence-corrected chi connectivity index (χ2v) is 10.4. The fourth-order valence-corrected chi connectivity index (χ4v) is 5.74. The minimum Gasteiger partial charge on any atom is -0.492 e. The molecule has 6 rings (SSSR count). The highest BCUT2D eigenvalue weighted by molar-refractivity contribution is 6.02. The number of carbonyl (C=O) groups is 1. The van der Waals surface area contributed by atoms with Gasteiger partial charge in [0, 0.05) is 18.0 Å². The first kappa shape index (κ1) is 24.0. The molecule has 0 bridgehead atoms. The molecule has 0 aromatic heterocycles. The van der Waals surface area contributed by atoms with Gasteiger partial charge in [-0.2, -0.15) is 0 Å². The van der Waals surface area contributed by atoms with E-state index in [1.54, 1.807) is 0 Å². The topological polar surface area (TPSA) is 60.4 Å². The van der Waals surface area contributed by atoms with Crippen LogP contribution in [-0.2, 0) is 10.2 Å². The Morgan fingerprint density at radius 1 is 0.947 bits per heavy atom. The molecule has 1 unspecified atom stereocenters. The van der Waals surface area contributed by atoms with E-state index in [4.69, 9.17) is 19.2 Å². The lowest BCUT2D eigenvalue weighted by molar-refractivity contribution is -0.131. The highest BCUT2D eigenvalue weighted by Crippen LogP contribution is 2.55. The molecule has 1 atom stereocenters. The van der Waals surface area contributed by atoms with Crippen LogP contribution >= 0.6 is 0 Å². The second kappa shape index (κ2) is 8.91. The van der Waals surface area contributed by atoms with Gasteiger partial charge in [0.1, 0.15) is 29.5 Å². The van der Waals surface area contributed by atoms with Crippen molar-refractivity contribution in [2.24, 2.45) is 4.99 Å². The van der Waals surface area contributed by atoms with Gasteiger partial charge in [-0.1, -0.05) is 42.5 Å². The second-order valence-electron chi connectivity index (χ2n) is 10.4. The van der Waals surface area contributed by atoms with Crippen LogP contribution < -0.4 is 19.1 Å². The Labute approximate surface area is 222 Å². The van der Waals surface area contributed by atoms with Gasteiger partial charge in [0.25, 0.3) is 0 Å². The van der Waals surface area contributed by atoms with E-state index in [1.165, 1.54) is 12.5 Å². The van der Waals surface area contributed by atoms with E-state index in [0.29, 0.717) is 24.7 Å². The number of nitrogens with zero attached hydrogens (tertiary/aromatic N) is 2. The average molecular weight is 507 g/mol. The predicted molar refractivity (Wildman–Crippen MR) is 150 cm³/mol. The quantitative estimate of drug-likeness (QED) is 0.222. The minimum absolute atomic E-state index is 0.358. The molecule has 0 aliphatic carbocycles. The van der Waals surface area contributed by atoms with Crippen LogP contribution in [-0.4, -0.2) is 31.1 Å². The molecule has 4 aromatic rings. The Hall–Kier alpha value is -4.32. The monoisotopic (exact) mass is 506 g/mol. The van der Waals surface area contributed by atoms with Crippen molar-refractivity contribution >= 4 is 34.3 Å². The van der Waals surface area contributed by atoms with Crippen LogP contribution in [0.1, 0.15) is 31.9 Å². The van der Waals surface area contributed by atoms with Gasteiger partial charge in [0.2, 0.25) is 5.72 Å². The molecule has 0 saturated heterocycles. The lowest BCUT2D eigenvalue weighted by Gasteiger charge is -2.46. The maximum Gasteiger partial charge on any atom is 0.308 e. The van der Waals surface area contributed by atoms with Crippen molar-refractivity contribution in [1.29, 1.82) is 0 Å². The number of anilines is 1. The summed E-state index contributed by atoms with van der Waals surface area (Å²) in [7, 11) is 0. The first-order chi connectivity index (χ1) is 18.3. The van der Waals surface area contributed by atoms with Crippen LogP contribution in [0.4, 0.5) is 11.4 Å². The molecular weight excluding hydrogens is 476 g/mol. The Morgan fingerprint density at radius 2 is 1.71 bits per heavy atom. The van der Waals surface area contributed by atoms with Crippen LogP contribution in [0.3, 0.4) is 0 Å². The van der Waals surface area contributed by atoms with Crippen LogP contribution in [0.2, 0.25) is 0 Å². The Balaban J connectivity index is 1.42. The third-order valence-corrected chi connectivity index (χ3v) is 7.64. The molecule has 0 saturated carbocycles. The molecular formula is C32H30N2O4. The van der Waals surface area contributed by atoms with E-state index in [9.17, 15) is 4.79 Å². The van der Waals surface area contributed by atoms with E-state index in [-0.39, 0.29) is 5.97 Å². The summed E-state index contributed by atoms with van der Waals surface area (Å²) in [6, 6.07) is 26.0. The number of fused-ring (bicyclic) bond motifs is 4.